The van der Waals surface area contributed by atoms with Gasteiger partial charge in [0.2, 0.25) is 0 Å². The van der Waals surface area contributed by atoms with E-state index in [0.717, 1.165) is 6.26 Å². The quantitative estimate of drug-likeness (QED) is 0.428. The summed E-state index contributed by atoms with van der Waals surface area (Å²) in [5, 5.41) is 0. The molecule has 0 aromatic rings. The van der Waals surface area contributed by atoms with Crippen LogP contribution in [-0.2, 0) is 18.1 Å². The lowest BCUT2D eigenvalue weighted by Gasteiger charge is -2.29. The average Bonchev–Trinajstić information content (AvgIpc) is 1.93. The van der Waals surface area contributed by atoms with E-state index < -0.39 is 19.0 Å². The number of hydrogen-bond acceptors (Lipinski definition) is 4. The topological polar surface area (TPSA) is 44.8 Å². The van der Waals surface area contributed by atoms with Crippen LogP contribution in [0.25, 0.3) is 0 Å². The summed E-state index contributed by atoms with van der Waals surface area (Å²) < 4.78 is 27.8. The second-order valence-electron chi connectivity index (χ2n) is 5.28. The monoisotopic (exact) mass is 248 g/mol. The van der Waals surface area contributed by atoms with E-state index in [1.807, 2.05) is 0 Å². The van der Waals surface area contributed by atoms with Gasteiger partial charge in [0.15, 0.2) is 0 Å². The molecule has 16 heavy (non-hydrogen) atoms. The van der Waals surface area contributed by atoms with Crippen LogP contribution in [0.3, 0.4) is 0 Å². The first-order valence-corrected chi connectivity index (χ1v) is 6.48. The Morgan fingerprint density at radius 1 is 1.06 bits per heavy atom. The van der Waals surface area contributed by atoms with Gasteiger partial charge < -0.3 is 4.52 Å². The molecule has 0 aliphatic carbocycles. The van der Waals surface area contributed by atoms with Crippen LogP contribution >= 0.6 is 7.82 Å². The number of phosphoric ester groups is 1. The predicted molar refractivity (Wildman–Crippen MR) is 64.1 cm³/mol. The lowest BCUT2D eigenvalue weighted by Crippen LogP contribution is -2.24. The number of hydrogen-bond donors (Lipinski definition) is 0. The molecule has 0 amide bonds. The molecule has 0 aliphatic heterocycles. The minimum atomic E-state index is -3.64. The summed E-state index contributed by atoms with van der Waals surface area (Å²) in [6.07, 6.45) is 1.08. The molecule has 0 radical (unpaired) electrons. The van der Waals surface area contributed by atoms with Crippen molar-refractivity contribution >= 4 is 7.82 Å². The first-order chi connectivity index (χ1) is 6.97. The van der Waals surface area contributed by atoms with Gasteiger partial charge >= 0.3 is 7.82 Å². The van der Waals surface area contributed by atoms with Crippen LogP contribution < -0.4 is 0 Å². The fraction of sp³-hybridized carbons (Fsp3) is 0.727. The summed E-state index contributed by atoms with van der Waals surface area (Å²) in [4.78, 5) is 0. The molecule has 5 heteroatoms. The van der Waals surface area contributed by atoms with Crippen molar-refractivity contribution in [3.8, 4) is 0 Å². The molecule has 0 atom stereocenters. The lowest BCUT2D eigenvalue weighted by atomic mass is 10.2. The fourth-order valence-corrected chi connectivity index (χ4v) is 2.50. The van der Waals surface area contributed by atoms with E-state index in [1.54, 1.807) is 41.5 Å². The van der Waals surface area contributed by atoms with E-state index >= 15 is 0 Å². The molecule has 94 valence electrons. The molecule has 0 saturated carbocycles. The van der Waals surface area contributed by atoms with E-state index in [-0.39, 0.29) is 0 Å². The van der Waals surface area contributed by atoms with Crippen LogP contribution in [0, 0.1) is 0 Å². The van der Waals surface area contributed by atoms with Crippen LogP contribution in [-0.4, -0.2) is 11.2 Å². The highest BCUT2D eigenvalue weighted by Crippen LogP contribution is 2.55. The minimum Gasteiger partial charge on any atom is -0.403 e. The molecule has 0 bridgehead atoms. The molecule has 0 aromatic carbocycles. The first kappa shape index (κ1) is 15.5. The standard InChI is InChI=1S/C11H21O4P/c1-8-9-13-16(12,14-10(2,3)4)15-11(5,6)7/h9H,1H2,2-7H3. The Bertz CT molecular complexity index is 296. The van der Waals surface area contributed by atoms with Crippen molar-refractivity contribution in [1.82, 2.24) is 0 Å². The van der Waals surface area contributed by atoms with Crippen molar-refractivity contribution in [2.45, 2.75) is 52.7 Å². The SMILES string of the molecule is C=C=COP(=O)(OC(C)(C)C)OC(C)(C)C. The van der Waals surface area contributed by atoms with Crippen molar-refractivity contribution in [3.63, 3.8) is 0 Å². The molecular formula is C11H21O4P. The molecule has 4 nitrogen and oxygen atoms in total. The van der Waals surface area contributed by atoms with Gasteiger partial charge in [-0.3, -0.25) is 9.05 Å². The lowest BCUT2D eigenvalue weighted by molar-refractivity contribution is 0.0160. The van der Waals surface area contributed by atoms with Crippen molar-refractivity contribution in [1.29, 1.82) is 0 Å². The van der Waals surface area contributed by atoms with Crippen molar-refractivity contribution < 1.29 is 18.1 Å². The van der Waals surface area contributed by atoms with Crippen LogP contribution in [0.4, 0.5) is 0 Å². The Labute approximate surface area is 97.9 Å². The smallest absolute Gasteiger partial charge is 0.403 e. The van der Waals surface area contributed by atoms with Crippen LogP contribution in [0.5, 0.6) is 0 Å². The van der Waals surface area contributed by atoms with E-state index in [0.29, 0.717) is 0 Å². The summed E-state index contributed by atoms with van der Waals surface area (Å²) in [6, 6.07) is 0. The second kappa shape index (κ2) is 5.20. The highest BCUT2D eigenvalue weighted by Gasteiger charge is 2.37. The molecule has 0 unspecified atom stereocenters. The summed E-state index contributed by atoms with van der Waals surface area (Å²) in [5.41, 5.74) is 1.11. The maximum atomic E-state index is 12.2. The highest BCUT2D eigenvalue weighted by molar-refractivity contribution is 7.48. The minimum absolute atomic E-state index is 0.629. The Morgan fingerprint density at radius 3 is 1.69 bits per heavy atom. The Morgan fingerprint density at radius 2 is 1.44 bits per heavy atom. The molecular weight excluding hydrogens is 227 g/mol. The van der Waals surface area contributed by atoms with Gasteiger partial charge in [0.05, 0.1) is 11.2 Å². The van der Waals surface area contributed by atoms with Crippen LogP contribution in [0.1, 0.15) is 41.5 Å². The van der Waals surface area contributed by atoms with Gasteiger partial charge in [0.25, 0.3) is 0 Å². The van der Waals surface area contributed by atoms with Gasteiger partial charge in [0, 0.05) is 0 Å². The largest absolute Gasteiger partial charge is 0.531 e. The normalized spacial score (nSPS) is 13.1. The maximum absolute atomic E-state index is 12.2. The molecule has 0 heterocycles. The van der Waals surface area contributed by atoms with Gasteiger partial charge in [-0.05, 0) is 41.5 Å². The van der Waals surface area contributed by atoms with Gasteiger partial charge in [-0.15, -0.1) is 0 Å². The van der Waals surface area contributed by atoms with Gasteiger partial charge in [0.1, 0.15) is 6.26 Å². The molecule has 0 N–H and O–H groups in total. The summed E-state index contributed by atoms with van der Waals surface area (Å²) in [5.74, 6) is 0. The van der Waals surface area contributed by atoms with Crippen LogP contribution in [0.15, 0.2) is 18.6 Å². The van der Waals surface area contributed by atoms with Gasteiger partial charge in [-0.2, -0.15) is 0 Å². The van der Waals surface area contributed by atoms with Crippen molar-refractivity contribution in [2.75, 3.05) is 0 Å². The number of rotatable bonds is 4. The van der Waals surface area contributed by atoms with Gasteiger partial charge in [-0.25, -0.2) is 4.57 Å². The van der Waals surface area contributed by atoms with E-state index in [4.69, 9.17) is 13.6 Å². The van der Waals surface area contributed by atoms with Crippen molar-refractivity contribution in [2.24, 2.45) is 0 Å². The second-order valence-corrected chi connectivity index (χ2v) is 6.75. The van der Waals surface area contributed by atoms with E-state index in [1.165, 1.54) is 0 Å². The molecule has 0 fully saturated rings. The van der Waals surface area contributed by atoms with E-state index in [2.05, 4.69) is 12.3 Å². The molecule has 0 saturated heterocycles. The maximum Gasteiger partial charge on any atom is 0.531 e. The Balaban J connectivity index is 4.89. The fourth-order valence-electron chi connectivity index (χ4n) is 0.834. The third-order valence-corrected chi connectivity index (χ3v) is 2.94. The summed E-state index contributed by atoms with van der Waals surface area (Å²) in [7, 11) is -3.64. The third kappa shape index (κ3) is 7.72. The molecule has 0 aliphatic rings. The molecule has 0 rings (SSSR count). The number of phosphoric acid groups is 1. The average molecular weight is 248 g/mol. The van der Waals surface area contributed by atoms with E-state index in [9.17, 15) is 4.57 Å². The Hall–Kier alpha value is -0.530. The third-order valence-electron chi connectivity index (χ3n) is 1.04. The van der Waals surface area contributed by atoms with Crippen molar-refractivity contribution in [3.05, 3.63) is 18.6 Å². The predicted octanol–water partition coefficient (Wildman–Crippen LogP) is 4.04. The zero-order valence-electron chi connectivity index (χ0n) is 10.9. The zero-order chi connectivity index (χ0) is 13.0. The highest BCUT2D eigenvalue weighted by atomic mass is 31.2. The molecule has 0 aromatic heterocycles. The summed E-state index contributed by atoms with van der Waals surface area (Å²) in [6.45, 7) is 13.9. The van der Waals surface area contributed by atoms with Gasteiger partial charge in [-0.1, -0.05) is 12.3 Å². The zero-order valence-corrected chi connectivity index (χ0v) is 11.8. The molecule has 0 spiro atoms. The first-order valence-electron chi connectivity index (χ1n) is 5.02. The Kier molecular flexibility index (Phi) is 5.03. The van der Waals surface area contributed by atoms with Crippen LogP contribution in [0.2, 0.25) is 0 Å². The summed E-state index contributed by atoms with van der Waals surface area (Å²) >= 11 is 0.